The predicted octanol–water partition coefficient (Wildman–Crippen LogP) is 2.45. The van der Waals surface area contributed by atoms with Gasteiger partial charge in [-0.15, -0.1) is 11.3 Å². The summed E-state index contributed by atoms with van der Waals surface area (Å²) < 4.78 is 1.27. The molecule has 2 aromatic rings. The molecule has 1 unspecified atom stereocenters. The summed E-state index contributed by atoms with van der Waals surface area (Å²) in [5.41, 5.74) is 5.52. The van der Waals surface area contributed by atoms with Crippen molar-refractivity contribution in [3.05, 3.63) is 23.7 Å². The molecule has 0 saturated heterocycles. The van der Waals surface area contributed by atoms with Crippen molar-refractivity contribution >= 4 is 27.2 Å². The first kappa shape index (κ1) is 10.4. The van der Waals surface area contributed by atoms with Gasteiger partial charge in [0.15, 0.2) is 0 Å². The molecule has 2 rings (SSSR count). The molecule has 4 heteroatoms. The molecule has 0 aliphatic rings. The fourth-order valence-corrected chi connectivity index (χ4v) is 2.35. The average Bonchev–Trinajstić information content (AvgIpc) is 2.67. The van der Waals surface area contributed by atoms with Gasteiger partial charge in [-0.1, -0.05) is 0 Å². The Morgan fingerprint density at radius 2 is 2.40 bits per heavy atom. The van der Waals surface area contributed by atoms with E-state index < -0.39 is 0 Å². The van der Waals surface area contributed by atoms with E-state index >= 15 is 0 Å². The number of nitrogens with two attached hydrogens (primary N) is 1. The number of nitrogens with one attached hydrogen (secondary N) is 1. The van der Waals surface area contributed by atoms with Crippen LogP contribution >= 0.6 is 11.3 Å². The van der Waals surface area contributed by atoms with Crippen molar-refractivity contribution in [3.63, 3.8) is 0 Å². The van der Waals surface area contributed by atoms with Gasteiger partial charge in [0.05, 0.1) is 0 Å². The van der Waals surface area contributed by atoms with Gasteiger partial charge in [-0.3, -0.25) is 0 Å². The summed E-state index contributed by atoms with van der Waals surface area (Å²) in [6.07, 6.45) is 2.80. The standard InChI is InChI=1S/C11H15N3S/c1-8(2-5-12)14-11-9-4-7-15-10(9)3-6-13-11/h3-4,6-8H,2,5,12H2,1H3,(H,13,14). The van der Waals surface area contributed by atoms with Crippen LogP contribution in [0.25, 0.3) is 10.1 Å². The van der Waals surface area contributed by atoms with Crippen LogP contribution in [0.5, 0.6) is 0 Å². The highest BCUT2D eigenvalue weighted by Gasteiger charge is 2.06. The van der Waals surface area contributed by atoms with Crippen LogP contribution in [0.2, 0.25) is 0 Å². The fourth-order valence-electron chi connectivity index (χ4n) is 1.57. The number of nitrogens with zero attached hydrogens (tertiary/aromatic N) is 1. The number of thiophene rings is 1. The lowest BCUT2D eigenvalue weighted by Crippen LogP contribution is -2.19. The van der Waals surface area contributed by atoms with Gasteiger partial charge in [0.25, 0.3) is 0 Å². The van der Waals surface area contributed by atoms with Crippen LogP contribution in [0.1, 0.15) is 13.3 Å². The molecule has 1 atom stereocenters. The van der Waals surface area contributed by atoms with E-state index in [0.717, 1.165) is 12.2 Å². The van der Waals surface area contributed by atoms with Crippen LogP contribution in [-0.4, -0.2) is 17.6 Å². The first-order valence-corrected chi connectivity index (χ1v) is 5.98. The van der Waals surface area contributed by atoms with E-state index in [1.54, 1.807) is 11.3 Å². The Morgan fingerprint density at radius 3 is 3.20 bits per heavy atom. The molecule has 0 aliphatic heterocycles. The van der Waals surface area contributed by atoms with E-state index in [-0.39, 0.29) is 0 Å². The molecular formula is C11H15N3S. The minimum Gasteiger partial charge on any atom is -0.367 e. The summed E-state index contributed by atoms with van der Waals surface area (Å²) in [5.74, 6) is 0.967. The van der Waals surface area contributed by atoms with E-state index in [0.29, 0.717) is 12.6 Å². The minimum absolute atomic E-state index is 0.369. The summed E-state index contributed by atoms with van der Waals surface area (Å²) in [5, 5.41) is 6.68. The zero-order valence-electron chi connectivity index (χ0n) is 8.73. The van der Waals surface area contributed by atoms with Gasteiger partial charge < -0.3 is 11.1 Å². The smallest absolute Gasteiger partial charge is 0.134 e. The Hall–Kier alpha value is -1.13. The minimum atomic E-state index is 0.369. The number of anilines is 1. The van der Waals surface area contributed by atoms with Crippen LogP contribution in [0.4, 0.5) is 5.82 Å². The van der Waals surface area contributed by atoms with Crippen molar-refractivity contribution < 1.29 is 0 Å². The normalized spacial score (nSPS) is 12.9. The van der Waals surface area contributed by atoms with Crippen LogP contribution < -0.4 is 11.1 Å². The Balaban J connectivity index is 2.23. The molecule has 3 nitrogen and oxygen atoms in total. The van der Waals surface area contributed by atoms with Crippen molar-refractivity contribution in [1.29, 1.82) is 0 Å². The zero-order chi connectivity index (χ0) is 10.7. The number of pyridine rings is 1. The number of hydrogen-bond acceptors (Lipinski definition) is 4. The highest BCUT2D eigenvalue weighted by Crippen LogP contribution is 2.26. The topological polar surface area (TPSA) is 50.9 Å². The number of hydrogen-bond donors (Lipinski definition) is 2. The average molecular weight is 221 g/mol. The second kappa shape index (κ2) is 4.59. The van der Waals surface area contributed by atoms with Crippen molar-refractivity contribution in [2.24, 2.45) is 5.73 Å². The number of rotatable bonds is 4. The molecular weight excluding hydrogens is 206 g/mol. The first-order chi connectivity index (χ1) is 7.31. The predicted molar refractivity (Wildman–Crippen MR) is 66.4 cm³/mol. The highest BCUT2D eigenvalue weighted by atomic mass is 32.1. The first-order valence-electron chi connectivity index (χ1n) is 5.10. The maximum Gasteiger partial charge on any atom is 0.134 e. The Morgan fingerprint density at radius 1 is 1.53 bits per heavy atom. The Labute approximate surface area is 93.3 Å². The van der Waals surface area contributed by atoms with Gasteiger partial charge in [-0.05, 0) is 37.4 Å². The van der Waals surface area contributed by atoms with Crippen molar-refractivity contribution in [3.8, 4) is 0 Å². The van der Waals surface area contributed by atoms with Gasteiger partial charge in [-0.2, -0.15) is 0 Å². The van der Waals surface area contributed by atoms with Crippen molar-refractivity contribution in [2.75, 3.05) is 11.9 Å². The summed E-state index contributed by atoms with van der Waals surface area (Å²) in [6.45, 7) is 2.83. The lowest BCUT2D eigenvalue weighted by atomic mass is 10.2. The highest BCUT2D eigenvalue weighted by molar-refractivity contribution is 7.17. The molecule has 3 N–H and O–H groups in total. The molecule has 2 aromatic heterocycles. The maximum absolute atomic E-state index is 5.52. The third-order valence-electron chi connectivity index (χ3n) is 2.36. The van der Waals surface area contributed by atoms with Crippen molar-refractivity contribution in [2.45, 2.75) is 19.4 Å². The largest absolute Gasteiger partial charge is 0.367 e. The number of aromatic nitrogens is 1. The fraction of sp³-hybridized carbons (Fsp3) is 0.364. The van der Waals surface area contributed by atoms with E-state index in [2.05, 4.69) is 28.7 Å². The SMILES string of the molecule is CC(CCN)Nc1nccc2sccc12. The van der Waals surface area contributed by atoms with Crippen LogP contribution in [0.3, 0.4) is 0 Å². The van der Waals surface area contributed by atoms with Crippen LogP contribution in [0, 0.1) is 0 Å². The molecule has 0 saturated carbocycles. The summed E-state index contributed by atoms with van der Waals surface area (Å²) in [7, 11) is 0. The second-order valence-corrected chi connectivity index (χ2v) is 4.56. The molecule has 0 spiro atoms. The molecule has 15 heavy (non-hydrogen) atoms. The monoisotopic (exact) mass is 221 g/mol. The summed E-state index contributed by atoms with van der Waals surface area (Å²) >= 11 is 1.74. The Kier molecular flexibility index (Phi) is 3.18. The van der Waals surface area contributed by atoms with Crippen LogP contribution in [-0.2, 0) is 0 Å². The Bertz CT molecular complexity index is 438. The van der Waals surface area contributed by atoms with Crippen LogP contribution in [0.15, 0.2) is 23.7 Å². The molecule has 0 aromatic carbocycles. The third kappa shape index (κ3) is 2.27. The van der Waals surface area contributed by atoms with Gasteiger partial charge >= 0.3 is 0 Å². The third-order valence-corrected chi connectivity index (χ3v) is 3.24. The molecule has 0 amide bonds. The van der Waals surface area contributed by atoms with E-state index in [1.165, 1.54) is 10.1 Å². The van der Waals surface area contributed by atoms with Gasteiger partial charge in [0.2, 0.25) is 0 Å². The maximum atomic E-state index is 5.52. The molecule has 80 valence electrons. The van der Waals surface area contributed by atoms with Gasteiger partial charge in [0.1, 0.15) is 5.82 Å². The lowest BCUT2D eigenvalue weighted by molar-refractivity contribution is 0.714. The number of fused-ring (bicyclic) bond motifs is 1. The van der Waals surface area contributed by atoms with Crippen molar-refractivity contribution in [1.82, 2.24) is 4.98 Å². The van der Waals surface area contributed by atoms with Gasteiger partial charge in [0, 0.05) is 22.3 Å². The van der Waals surface area contributed by atoms with E-state index in [4.69, 9.17) is 5.73 Å². The van der Waals surface area contributed by atoms with E-state index in [9.17, 15) is 0 Å². The molecule has 0 aliphatic carbocycles. The van der Waals surface area contributed by atoms with E-state index in [1.807, 2.05) is 12.3 Å². The molecule has 0 fully saturated rings. The molecule has 0 radical (unpaired) electrons. The van der Waals surface area contributed by atoms with Gasteiger partial charge in [-0.25, -0.2) is 4.98 Å². The lowest BCUT2D eigenvalue weighted by Gasteiger charge is -2.13. The zero-order valence-corrected chi connectivity index (χ0v) is 9.55. The summed E-state index contributed by atoms with van der Waals surface area (Å²) in [6, 6.07) is 4.51. The second-order valence-electron chi connectivity index (χ2n) is 3.61. The molecule has 2 heterocycles. The summed E-state index contributed by atoms with van der Waals surface area (Å²) in [4.78, 5) is 4.36. The molecule has 0 bridgehead atoms. The quantitative estimate of drug-likeness (QED) is 0.833.